The number of halogens is 1. The minimum Gasteiger partial charge on any atom is -0.351 e. The highest BCUT2D eigenvalue weighted by atomic mass is 19.1. The van der Waals surface area contributed by atoms with Crippen molar-refractivity contribution in [2.24, 2.45) is 0 Å². The normalized spacial score (nSPS) is 10.4. The minimum absolute atomic E-state index is 0.0518. The molecule has 23 heavy (non-hydrogen) atoms. The molecule has 7 heteroatoms. The van der Waals surface area contributed by atoms with E-state index in [1.165, 1.54) is 23.2 Å². The van der Waals surface area contributed by atoms with E-state index in [9.17, 15) is 14.0 Å². The highest BCUT2D eigenvalue weighted by Crippen LogP contribution is 2.14. The van der Waals surface area contributed by atoms with Gasteiger partial charge in [-0.05, 0) is 31.2 Å². The minimum atomic E-state index is -0.331. The van der Waals surface area contributed by atoms with Gasteiger partial charge in [0.2, 0.25) is 5.91 Å². The van der Waals surface area contributed by atoms with Gasteiger partial charge < -0.3 is 10.2 Å². The van der Waals surface area contributed by atoms with E-state index in [0.29, 0.717) is 16.9 Å². The Balaban J connectivity index is 2.05. The van der Waals surface area contributed by atoms with Crippen LogP contribution in [0.1, 0.15) is 22.5 Å². The maximum atomic E-state index is 13.0. The van der Waals surface area contributed by atoms with E-state index in [-0.39, 0.29) is 30.6 Å². The molecule has 0 fully saturated rings. The fourth-order valence-electron chi connectivity index (χ4n) is 2.08. The van der Waals surface area contributed by atoms with Crippen molar-refractivity contribution in [3.05, 3.63) is 47.5 Å². The molecule has 1 heterocycles. The number of aromatic nitrogens is 2. The third-order valence-corrected chi connectivity index (χ3v) is 3.45. The van der Waals surface area contributed by atoms with Gasteiger partial charge in [-0.1, -0.05) is 0 Å². The summed E-state index contributed by atoms with van der Waals surface area (Å²) in [5.41, 5.74) is 1.74. The third-order valence-electron chi connectivity index (χ3n) is 3.45. The summed E-state index contributed by atoms with van der Waals surface area (Å²) in [6, 6.07) is 5.85. The maximum absolute atomic E-state index is 13.0. The van der Waals surface area contributed by atoms with Crippen LogP contribution in [0, 0.1) is 12.7 Å². The van der Waals surface area contributed by atoms with Crippen molar-refractivity contribution in [1.82, 2.24) is 20.0 Å². The number of hydrogen-bond acceptors (Lipinski definition) is 3. The van der Waals surface area contributed by atoms with Gasteiger partial charge in [0.1, 0.15) is 5.82 Å². The highest BCUT2D eigenvalue weighted by Gasteiger charge is 2.15. The number of amides is 2. The van der Waals surface area contributed by atoms with Gasteiger partial charge >= 0.3 is 0 Å². The Morgan fingerprint density at radius 2 is 1.91 bits per heavy atom. The molecule has 0 unspecified atom stereocenters. The number of rotatable bonds is 5. The van der Waals surface area contributed by atoms with E-state index in [1.54, 1.807) is 37.8 Å². The highest BCUT2D eigenvalue weighted by molar-refractivity contribution is 5.95. The predicted molar refractivity (Wildman–Crippen MR) is 83.9 cm³/mol. The van der Waals surface area contributed by atoms with Crippen LogP contribution in [0.5, 0.6) is 0 Å². The van der Waals surface area contributed by atoms with E-state index in [2.05, 4.69) is 10.4 Å². The second-order valence-electron chi connectivity index (χ2n) is 5.33. The van der Waals surface area contributed by atoms with Crippen LogP contribution in [0.25, 0.3) is 5.69 Å². The Hall–Kier alpha value is -2.70. The molecule has 2 rings (SSSR count). The lowest BCUT2D eigenvalue weighted by atomic mass is 10.2. The Kier molecular flexibility index (Phi) is 5.10. The molecule has 0 atom stereocenters. The van der Waals surface area contributed by atoms with Gasteiger partial charge in [-0.2, -0.15) is 5.10 Å². The van der Waals surface area contributed by atoms with Crippen LogP contribution in [0.3, 0.4) is 0 Å². The molecule has 122 valence electrons. The molecule has 0 radical (unpaired) electrons. The molecular formula is C16H19FN4O2. The number of nitrogens with zero attached hydrogens (tertiary/aromatic N) is 3. The molecule has 6 nitrogen and oxygen atoms in total. The molecule has 0 bridgehead atoms. The average Bonchev–Trinajstić information content (AvgIpc) is 2.89. The number of carbonyl (C=O) groups excluding carboxylic acids is 2. The zero-order chi connectivity index (χ0) is 17.0. The van der Waals surface area contributed by atoms with Crippen LogP contribution >= 0.6 is 0 Å². The molecular weight excluding hydrogens is 299 g/mol. The molecule has 1 aromatic carbocycles. The molecule has 1 aromatic heterocycles. The van der Waals surface area contributed by atoms with E-state index < -0.39 is 0 Å². The third kappa shape index (κ3) is 3.94. The second-order valence-corrected chi connectivity index (χ2v) is 5.33. The Bertz CT molecular complexity index is 707. The van der Waals surface area contributed by atoms with Crippen molar-refractivity contribution in [3.63, 3.8) is 0 Å². The fourth-order valence-corrected chi connectivity index (χ4v) is 2.08. The lowest BCUT2D eigenvalue weighted by molar-refractivity contribution is -0.128. The van der Waals surface area contributed by atoms with Crippen LogP contribution in [0.2, 0.25) is 0 Å². The number of nitrogens with one attached hydrogen (secondary N) is 1. The zero-order valence-electron chi connectivity index (χ0n) is 13.3. The topological polar surface area (TPSA) is 67.2 Å². The maximum Gasteiger partial charge on any atom is 0.254 e. The average molecular weight is 318 g/mol. The molecule has 1 N–H and O–H groups in total. The smallest absolute Gasteiger partial charge is 0.254 e. The fraction of sp³-hybridized carbons (Fsp3) is 0.312. The largest absolute Gasteiger partial charge is 0.351 e. The van der Waals surface area contributed by atoms with Crippen LogP contribution in [-0.2, 0) is 4.79 Å². The Morgan fingerprint density at radius 1 is 1.26 bits per heavy atom. The molecule has 0 aliphatic rings. The summed E-state index contributed by atoms with van der Waals surface area (Å²) in [6.45, 7) is 2.02. The first-order valence-electron chi connectivity index (χ1n) is 7.19. The number of carbonyl (C=O) groups is 2. The molecule has 0 aliphatic carbocycles. The van der Waals surface area contributed by atoms with Crippen LogP contribution in [-0.4, -0.2) is 47.1 Å². The van der Waals surface area contributed by atoms with Crippen molar-refractivity contribution >= 4 is 11.8 Å². The molecule has 0 aliphatic heterocycles. The van der Waals surface area contributed by atoms with Crippen molar-refractivity contribution in [3.8, 4) is 5.69 Å². The molecule has 0 saturated carbocycles. The Labute approximate surface area is 133 Å². The van der Waals surface area contributed by atoms with E-state index in [1.807, 2.05) is 0 Å². The SMILES string of the molecule is Cc1c(C(=O)NCCC(=O)N(C)C)cnn1-c1ccc(F)cc1. The van der Waals surface area contributed by atoms with E-state index >= 15 is 0 Å². The molecule has 0 spiro atoms. The monoisotopic (exact) mass is 318 g/mol. The first kappa shape index (κ1) is 16.7. The first-order chi connectivity index (χ1) is 10.9. The second kappa shape index (κ2) is 7.04. The summed E-state index contributed by atoms with van der Waals surface area (Å²) in [4.78, 5) is 25.1. The van der Waals surface area contributed by atoms with Crippen LogP contribution in [0.15, 0.2) is 30.5 Å². The zero-order valence-corrected chi connectivity index (χ0v) is 13.3. The summed E-state index contributed by atoms with van der Waals surface area (Å²) in [6.07, 6.45) is 1.70. The van der Waals surface area contributed by atoms with Gasteiger partial charge in [0.15, 0.2) is 0 Å². The quantitative estimate of drug-likeness (QED) is 0.909. The molecule has 0 saturated heterocycles. The van der Waals surface area contributed by atoms with Crippen molar-refractivity contribution in [1.29, 1.82) is 0 Å². The van der Waals surface area contributed by atoms with Crippen molar-refractivity contribution < 1.29 is 14.0 Å². The van der Waals surface area contributed by atoms with Gasteiger partial charge in [-0.3, -0.25) is 9.59 Å². The lowest BCUT2D eigenvalue weighted by Gasteiger charge is -2.10. The van der Waals surface area contributed by atoms with Crippen molar-refractivity contribution in [2.45, 2.75) is 13.3 Å². The first-order valence-corrected chi connectivity index (χ1v) is 7.19. The molecule has 2 aromatic rings. The summed E-state index contributed by atoms with van der Waals surface area (Å²) < 4.78 is 14.5. The molecule has 2 amide bonds. The predicted octanol–water partition coefficient (Wildman–Crippen LogP) is 1.53. The standard InChI is InChI=1S/C16H19FN4O2/c1-11-14(16(23)18-9-8-15(22)20(2)3)10-19-21(11)13-6-4-12(17)5-7-13/h4-7,10H,8-9H2,1-3H3,(H,18,23). The number of hydrogen-bond donors (Lipinski definition) is 1. The summed E-state index contributed by atoms with van der Waals surface area (Å²) in [7, 11) is 3.34. The van der Waals surface area contributed by atoms with Crippen LogP contribution < -0.4 is 5.32 Å². The van der Waals surface area contributed by atoms with Gasteiger partial charge in [0, 0.05) is 27.1 Å². The number of benzene rings is 1. The lowest BCUT2D eigenvalue weighted by Crippen LogP contribution is -2.30. The summed E-state index contributed by atoms with van der Waals surface area (Å²) in [5, 5.41) is 6.87. The Morgan fingerprint density at radius 3 is 2.52 bits per heavy atom. The van der Waals surface area contributed by atoms with Gasteiger partial charge in [-0.25, -0.2) is 9.07 Å². The van der Waals surface area contributed by atoms with Gasteiger partial charge in [-0.15, -0.1) is 0 Å². The van der Waals surface area contributed by atoms with Crippen LogP contribution in [0.4, 0.5) is 4.39 Å². The van der Waals surface area contributed by atoms with E-state index in [4.69, 9.17) is 0 Å². The van der Waals surface area contributed by atoms with Crippen molar-refractivity contribution in [2.75, 3.05) is 20.6 Å². The van der Waals surface area contributed by atoms with E-state index in [0.717, 1.165) is 0 Å². The summed E-state index contributed by atoms with van der Waals surface area (Å²) in [5.74, 6) is -0.673. The van der Waals surface area contributed by atoms with Gasteiger partial charge in [0.25, 0.3) is 5.91 Å². The summed E-state index contributed by atoms with van der Waals surface area (Å²) >= 11 is 0. The van der Waals surface area contributed by atoms with Gasteiger partial charge in [0.05, 0.1) is 23.1 Å².